The molecule has 0 aromatic heterocycles. The van der Waals surface area contributed by atoms with Crippen LogP contribution in [0.5, 0.6) is 0 Å². The minimum absolute atomic E-state index is 0.311. The molecule has 2 nitrogen and oxygen atoms in total. The van der Waals surface area contributed by atoms with Crippen LogP contribution in [0.2, 0.25) is 0 Å². The Morgan fingerprint density at radius 2 is 1.85 bits per heavy atom. The van der Waals surface area contributed by atoms with Crippen molar-refractivity contribution >= 4 is 11.2 Å². The van der Waals surface area contributed by atoms with Crippen molar-refractivity contribution < 1.29 is 8.92 Å². The Labute approximate surface area is 83.5 Å². The van der Waals surface area contributed by atoms with Crippen LogP contribution in [-0.4, -0.2) is 23.4 Å². The van der Waals surface area contributed by atoms with Gasteiger partial charge in [-0.15, -0.1) is 11.2 Å². The quantitative estimate of drug-likeness (QED) is 0.670. The average Bonchev–Trinajstić information content (AvgIpc) is 2.94. The molecule has 0 aromatic rings. The van der Waals surface area contributed by atoms with Gasteiger partial charge in [0, 0.05) is 0 Å². The monoisotopic (exact) mass is 204 g/mol. The standard InChI is InChI=1S/C10H20O2S/c1-3-13(12-10-6-7-10)8(2)11-9-4-5-9/h8-10,13H,3-7H2,1-2H3. The van der Waals surface area contributed by atoms with E-state index >= 15 is 0 Å². The number of hydrogen-bond acceptors (Lipinski definition) is 2. The molecular formula is C10H20O2S. The van der Waals surface area contributed by atoms with Crippen molar-refractivity contribution in [3.05, 3.63) is 0 Å². The van der Waals surface area contributed by atoms with Gasteiger partial charge in [0.25, 0.3) is 0 Å². The summed E-state index contributed by atoms with van der Waals surface area (Å²) in [6.07, 6.45) is 6.22. The molecule has 13 heavy (non-hydrogen) atoms. The smallest absolute Gasteiger partial charge is 0.103 e. The molecule has 0 saturated heterocycles. The van der Waals surface area contributed by atoms with E-state index in [2.05, 4.69) is 13.8 Å². The molecule has 2 aliphatic carbocycles. The Morgan fingerprint density at radius 3 is 2.31 bits per heavy atom. The Morgan fingerprint density at radius 1 is 1.23 bits per heavy atom. The first-order valence-corrected chi connectivity index (χ1v) is 6.90. The molecule has 0 aromatic carbocycles. The molecule has 2 unspecified atom stereocenters. The predicted molar refractivity (Wildman–Crippen MR) is 57.2 cm³/mol. The van der Waals surface area contributed by atoms with E-state index in [1.807, 2.05) is 0 Å². The maximum atomic E-state index is 5.94. The highest BCUT2D eigenvalue weighted by Gasteiger charge is 2.30. The van der Waals surface area contributed by atoms with E-state index in [4.69, 9.17) is 8.92 Å². The van der Waals surface area contributed by atoms with Crippen LogP contribution < -0.4 is 0 Å². The van der Waals surface area contributed by atoms with Crippen molar-refractivity contribution in [3.63, 3.8) is 0 Å². The first kappa shape index (κ1) is 9.81. The van der Waals surface area contributed by atoms with E-state index < -0.39 is 0 Å². The predicted octanol–water partition coefficient (Wildman–Crippen LogP) is 2.63. The molecule has 2 aliphatic rings. The van der Waals surface area contributed by atoms with Crippen LogP contribution in [0.1, 0.15) is 39.5 Å². The second-order valence-electron chi connectivity index (χ2n) is 3.97. The van der Waals surface area contributed by atoms with Crippen LogP contribution in [-0.2, 0) is 8.92 Å². The molecule has 0 amide bonds. The zero-order valence-electron chi connectivity index (χ0n) is 8.53. The largest absolute Gasteiger partial charge is 0.364 e. The first-order chi connectivity index (χ1) is 6.29. The zero-order chi connectivity index (χ0) is 9.26. The van der Waals surface area contributed by atoms with E-state index in [1.54, 1.807) is 0 Å². The van der Waals surface area contributed by atoms with Crippen molar-refractivity contribution in [2.75, 3.05) is 5.75 Å². The van der Waals surface area contributed by atoms with Crippen molar-refractivity contribution in [1.82, 2.24) is 0 Å². The summed E-state index contributed by atoms with van der Waals surface area (Å²) >= 11 is -0.311. The van der Waals surface area contributed by atoms with Gasteiger partial charge >= 0.3 is 0 Å². The van der Waals surface area contributed by atoms with Crippen molar-refractivity contribution in [2.45, 2.75) is 57.2 Å². The van der Waals surface area contributed by atoms with Gasteiger partial charge in [0.05, 0.1) is 12.2 Å². The van der Waals surface area contributed by atoms with E-state index in [9.17, 15) is 0 Å². The minimum Gasteiger partial charge on any atom is -0.364 e. The van der Waals surface area contributed by atoms with Crippen molar-refractivity contribution in [2.24, 2.45) is 0 Å². The third-order valence-electron chi connectivity index (χ3n) is 2.44. The molecule has 3 heteroatoms. The van der Waals surface area contributed by atoms with Gasteiger partial charge in [0.2, 0.25) is 0 Å². The Balaban J connectivity index is 1.71. The van der Waals surface area contributed by atoms with E-state index in [0.29, 0.717) is 17.6 Å². The molecule has 0 N–H and O–H groups in total. The molecule has 2 rings (SSSR count). The second kappa shape index (κ2) is 4.20. The third kappa shape index (κ3) is 3.15. The van der Waals surface area contributed by atoms with E-state index in [-0.39, 0.29) is 11.2 Å². The number of ether oxygens (including phenoxy) is 1. The molecule has 2 saturated carbocycles. The normalized spacial score (nSPS) is 28.6. The van der Waals surface area contributed by atoms with E-state index in [1.165, 1.54) is 25.7 Å². The lowest BCUT2D eigenvalue weighted by molar-refractivity contribution is 0.100. The fraction of sp³-hybridized carbons (Fsp3) is 1.00. The van der Waals surface area contributed by atoms with Crippen LogP contribution in [0.15, 0.2) is 0 Å². The molecule has 78 valence electrons. The Hall–Kier alpha value is 0.270. The lowest BCUT2D eigenvalue weighted by Crippen LogP contribution is -2.14. The molecule has 0 radical (unpaired) electrons. The fourth-order valence-electron chi connectivity index (χ4n) is 1.33. The molecule has 2 atom stereocenters. The molecule has 0 bridgehead atoms. The molecule has 0 heterocycles. The van der Waals surface area contributed by atoms with Crippen molar-refractivity contribution in [3.8, 4) is 0 Å². The van der Waals surface area contributed by atoms with Crippen LogP contribution >= 0.6 is 11.2 Å². The van der Waals surface area contributed by atoms with Gasteiger partial charge in [-0.2, -0.15) is 0 Å². The Kier molecular flexibility index (Phi) is 3.17. The highest BCUT2D eigenvalue weighted by molar-refractivity contribution is 8.13. The number of hydrogen-bond donors (Lipinski definition) is 1. The summed E-state index contributed by atoms with van der Waals surface area (Å²) in [7, 11) is 0. The highest BCUT2D eigenvalue weighted by Crippen LogP contribution is 2.42. The van der Waals surface area contributed by atoms with Crippen LogP contribution in [0.4, 0.5) is 0 Å². The summed E-state index contributed by atoms with van der Waals surface area (Å²) in [6, 6.07) is 0. The summed E-state index contributed by atoms with van der Waals surface area (Å²) in [4.78, 5) is 0. The van der Waals surface area contributed by atoms with Gasteiger partial charge < -0.3 is 8.92 Å². The first-order valence-electron chi connectivity index (χ1n) is 5.38. The lowest BCUT2D eigenvalue weighted by Gasteiger charge is -2.27. The van der Waals surface area contributed by atoms with E-state index in [0.717, 1.165) is 5.75 Å². The SMILES string of the molecule is CC[SH](OC1CC1)C(C)OC1CC1. The van der Waals surface area contributed by atoms with Crippen LogP contribution in [0, 0.1) is 0 Å². The third-order valence-corrected chi connectivity index (χ3v) is 4.56. The fourth-order valence-corrected chi connectivity index (χ4v) is 3.07. The number of rotatable bonds is 6. The van der Waals surface area contributed by atoms with Gasteiger partial charge in [0.15, 0.2) is 0 Å². The topological polar surface area (TPSA) is 18.5 Å². The van der Waals surface area contributed by atoms with Gasteiger partial charge in [-0.1, -0.05) is 6.92 Å². The van der Waals surface area contributed by atoms with Crippen molar-refractivity contribution in [1.29, 1.82) is 0 Å². The average molecular weight is 204 g/mol. The molecule has 0 aliphatic heterocycles. The van der Waals surface area contributed by atoms with Gasteiger partial charge in [-0.05, 0) is 38.4 Å². The summed E-state index contributed by atoms with van der Waals surface area (Å²) in [5.74, 6) is 1.14. The van der Waals surface area contributed by atoms with Gasteiger partial charge in [0.1, 0.15) is 5.44 Å². The highest BCUT2D eigenvalue weighted by atomic mass is 32.2. The van der Waals surface area contributed by atoms with Crippen LogP contribution in [0.3, 0.4) is 0 Å². The summed E-state index contributed by atoms with van der Waals surface area (Å²) in [5.41, 5.74) is 0.355. The summed E-state index contributed by atoms with van der Waals surface area (Å²) in [5, 5.41) is 0. The molecule has 2 fully saturated rings. The lowest BCUT2D eigenvalue weighted by atomic mass is 10.8. The summed E-state index contributed by atoms with van der Waals surface area (Å²) in [6.45, 7) is 4.39. The minimum atomic E-state index is -0.311. The van der Waals surface area contributed by atoms with Crippen LogP contribution in [0.25, 0.3) is 0 Å². The second-order valence-corrected chi connectivity index (χ2v) is 6.38. The van der Waals surface area contributed by atoms with Gasteiger partial charge in [-0.25, -0.2) is 0 Å². The molecular weight excluding hydrogens is 184 g/mol. The maximum Gasteiger partial charge on any atom is 0.103 e. The molecule has 0 spiro atoms. The van der Waals surface area contributed by atoms with Gasteiger partial charge in [-0.3, -0.25) is 0 Å². The maximum absolute atomic E-state index is 5.94. The Bertz CT molecular complexity index is 166. The summed E-state index contributed by atoms with van der Waals surface area (Å²) < 4.78 is 11.8. The zero-order valence-corrected chi connectivity index (χ0v) is 9.43. The number of thiol groups is 1.